The number of hydrogen-bond acceptors (Lipinski definition) is 2. The first-order valence-electron chi connectivity index (χ1n) is 8.07. The van der Waals surface area contributed by atoms with Gasteiger partial charge in [0.05, 0.1) is 6.04 Å². The van der Waals surface area contributed by atoms with E-state index >= 15 is 0 Å². The fraction of sp³-hybridized carbons (Fsp3) is 0.368. The van der Waals surface area contributed by atoms with Gasteiger partial charge in [-0.25, -0.2) is 0 Å². The van der Waals surface area contributed by atoms with E-state index in [2.05, 4.69) is 0 Å². The first kappa shape index (κ1) is 14.8. The van der Waals surface area contributed by atoms with Gasteiger partial charge in [-0.1, -0.05) is 43.0 Å². The van der Waals surface area contributed by atoms with Crippen molar-refractivity contribution in [1.82, 2.24) is 4.57 Å². The topological polar surface area (TPSA) is 34.4 Å². The number of rotatable bonds is 2. The van der Waals surface area contributed by atoms with Gasteiger partial charge in [-0.3, -0.25) is 14.4 Å². The van der Waals surface area contributed by atoms with Gasteiger partial charge in [-0.05, 0) is 44.0 Å². The molecule has 0 amide bonds. The van der Waals surface area contributed by atoms with Crippen molar-refractivity contribution in [3.8, 4) is 0 Å². The smallest absolute Gasteiger partial charge is 0.263 e. The van der Waals surface area contributed by atoms with Gasteiger partial charge in [-0.2, -0.15) is 0 Å². The molecular formula is C19H22N2O. The van der Waals surface area contributed by atoms with Crippen LogP contribution in [-0.2, 0) is 0 Å². The summed E-state index contributed by atoms with van der Waals surface area (Å²) in [7, 11) is 0. The average molecular weight is 294 g/mol. The third-order valence-electron chi connectivity index (χ3n) is 4.21. The molecule has 0 unspecified atom stereocenters. The maximum atomic E-state index is 12.8. The molecular weight excluding hydrogens is 272 g/mol. The van der Waals surface area contributed by atoms with Crippen molar-refractivity contribution in [2.24, 2.45) is 4.99 Å². The lowest BCUT2D eigenvalue weighted by molar-refractivity contribution is 0.0954. The number of aromatic nitrogens is 1. The van der Waals surface area contributed by atoms with E-state index in [1.807, 2.05) is 55.6 Å². The Morgan fingerprint density at radius 1 is 1.09 bits per heavy atom. The van der Waals surface area contributed by atoms with Crippen LogP contribution in [0.3, 0.4) is 0 Å². The normalized spacial score (nSPS) is 16.7. The predicted octanol–water partition coefficient (Wildman–Crippen LogP) is 3.72. The number of hydrogen-bond donors (Lipinski definition) is 0. The molecule has 1 aliphatic rings. The Hall–Kier alpha value is -2.16. The molecule has 3 heteroatoms. The Morgan fingerprint density at radius 2 is 1.91 bits per heavy atom. The minimum Gasteiger partial charge on any atom is -0.268 e. The van der Waals surface area contributed by atoms with Crippen LogP contribution in [-0.4, -0.2) is 16.5 Å². The van der Waals surface area contributed by atoms with E-state index in [0.29, 0.717) is 11.6 Å². The highest BCUT2D eigenvalue weighted by atomic mass is 16.2. The number of nitrogens with zero attached hydrogens (tertiary/aromatic N) is 2. The van der Waals surface area contributed by atoms with Crippen molar-refractivity contribution >= 4 is 5.91 Å². The van der Waals surface area contributed by atoms with Gasteiger partial charge < -0.3 is 0 Å². The molecule has 1 aromatic carbocycles. The van der Waals surface area contributed by atoms with Crippen molar-refractivity contribution in [1.29, 1.82) is 0 Å². The Bertz CT molecular complexity index is 724. The van der Waals surface area contributed by atoms with Crippen LogP contribution in [0.15, 0.2) is 53.7 Å². The summed E-state index contributed by atoms with van der Waals surface area (Å²) in [5.41, 5.74) is 2.56. The molecule has 3 nitrogen and oxygen atoms in total. The largest absolute Gasteiger partial charge is 0.268 e. The minimum absolute atomic E-state index is 0.0149. The molecule has 114 valence electrons. The third kappa shape index (κ3) is 3.35. The lowest BCUT2D eigenvalue weighted by Crippen LogP contribution is -2.29. The number of carbonyl (C=O) groups is 1. The summed E-state index contributed by atoms with van der Waals surface area (Å²) in [6.45, 7) is 2.00. The second kappa shape index (κ2) is 6.73. The van der Waals surface area contributed by atoms with Gasteiger partial charge in [0.15, 0.2) is 0 Å². The molecule has 0 radical (unpaired) electrons. The molecule has 1 saturated carbocycles. The second-order valence-corrected chi connectivity index (χ2v) is 6.02. The molecule has 0 bridgehead atoms. The van der Waals surface area contributed by atoms with E-state index in [-0.39, 0.29) is 5.91 Å². The summed E-state index contributed by atoms with van der Waals surface area (Å²) in [6.07, 6.45) is 7.87. The standard InChI is InChI=1S/C19H22N2O/c1-15-8-7-9-16(14-15)19(22)21-13-6-5-12-18(21)20-17-10-3-2-4-11-17/h5-9,12-14,17H,2-4,10-11H2,1H3. The first-order chi connectivity index (χ1) is 10.7. The Kier molecular flexibility index (Phi) is 4.52. The van der Waals surface area contributed by atoms with Crippen LogP contribution in [0.1, 0.15) is 48.0 Å². The van der Waals surface area contributed by atoms with Gasteiger partial charge >= 0.3 is 0 Å². The molecule has 1 aromatic heterocycles. The fourth-order valence-corrected chi connectivity index (χ4v) is 3.03. The molecule has 1 aliphatic carbocycles. The molecule has 0 N–H and O–H groups in total. The van der Waals surface area contributed by atoms with Gasteiger partial charge in [0.2, 0.25) is 0 Å². The molecule has 1 heterocycles. The maximum Gasteiger partial charge on any atom is 0.263 e. The Labute approximate surface area is 131 Å². The zero-order chi connectivity index (χ0) is 15.4. The van der Waals surface area contributed by atoms with Gasteiger partial charge in [0.1, 0.15) is 5.49 Å². The highest BCUT2D eigenvalue weighted by molar-refractivity contribution is 5.95. The van der Waals surface area contributed by atoms with E-state index in [9.17, 15) is 4.79 Å². The van der Waals surface area contributed by atoms with Crippen LogP contribution in [0.5, 0.6) is 0 Å². The highest BCUT2D eigenvalue weighted by Crippen LogP contribution is 2.19. The Morgan fingerprint density at radius 3 is 2.68 bits per heavy atom. The molecule has 1 fully saturated rings. The number of pyridine rings is 1. The monoisotopic (exact) mass is 294 g/mol. The third-order valence-corrected chi connectivity index (χ3v) is 4.21. The molecule has 22 heavy (non-hydrogen) atoms. The zero-order valence-corrected chi connectivity index (χ0v) is 13.0. The number of benzene rings is 1. The van der Waals surface area contributed by atoms with Crippen molar-refractivity contribution in [3.05, 3.63) is 65.3 Å². The van der Waals surface area contributed by atoms with Crippen molar-refractivity contribution in [3.63, 3.8) is 0 Å². The van der Waals surface area contributed by atoms with Crippen LogP contribution in [0.2, 0.25) is 0 Å². The molecule has 0 saturated heterocycles. The van der Waals surface area contributed by atoms with Crippen molar-refractivity contribution in [2.75, 3.05) is 0 Å². The van der Waals surface area contributed by atoms with E-state index in [0.717, 1.165) is 23.9 Å². The summed E-state index contributed by atoms with van der Waals surface area (Å²) in [4.78, 5) is 17.6. The summed E-state index contributed by atoms with van der Waals surface area (Å²) in [5, 5.41) is 0. The lowest BCUT2D eigenvalue weighted by atomic mass is 9.96. The van der Waals surface area contributed by atoms with E-state index in [1.54, 1.807) is 4.57 Å². The molecule has 0 aliphatic heterocycles. The fourth-order valence-electron chi connectivity index (χ4n) is 3.03. The molecule has 3 rings (SSSR count). The SMILES string of the molecule is Cc1cccc(C(=O)n2ccccc2=NC2CCCCC2)c1. The number of carbonyl (C=O) groups excluding carboxylic acids is 1. The average Bonchev–Trinajstić information content (AvgIpc) is 2.56. The highest BCUT2D eigenvalue weighted by Gasteiger charge is 2.13. The van der Waals surface area contributed by atoms with Crippen LogP contribution in [0.4, 0.5) is 0 Å². The summed E-state index contributed by atoms with van der Waals surface area (Å²) in [5.74, 6) is -0.0149. The summed E-state index contributed by atoms with van der Waals surface area (Å²) >= 11 is 0. The zero-order valence-electron chi connectivity index (χ0n) is 13.0. The van der Waals surface area contributed by atoms with Crippen LogP contribution >= 0.6 is 0 Å². The van der Waals surface area contributed by atoms with Gasteiger partial charge in [0.25, 0.3) is 5.91 Å². The van der Waals surface area contributed by atoms with E-state index in [1.165, 1.54) is 19.3 Å². The van der Waals surface area contributed by atoms with E-state index < -0.39 is 0 Å². The minimum atomic E-state index is -0.0149. The predicted molar refractivity (Wildman–Crippen MR) is 87.8 cm³/mol. The van der Waals surface area contributed by atoms with Crippen molar-refractivity contribution in [2.45, 2.75) is 45.1 Å². The number of aryl methyl sites for hydroxylation is 1. The molecule has 2 aromatic rings. The van der Waals surface area contributed by atoms with Gasteiger partial charge in [-0.15, -0.1) is 0 Å². The van der Waals surface area contributed by atoms with Crippen molar-refractivity contribution < 1.29 is 4.79 Å². The first-order valence-corrected chi connectivity index (χ1v) is 8.07. The second-order valence-electron chi connectivity index (χ2n) is 6.02. The van der Waals surface area contributed by atoms with Crippen LogP contribution in [0, 0.1) is 6.92 Å². The lowest BCUT2D eigenvalue weighted by Gasteiger charge is -2.17. The van der Waals surface area contributed by atoms with Gasteiger partial charge in [0, 0.05) is 11.8 Å². The van der Waals surface area contributed by atoms with Crippen LogP contribution in [0.25, 0.3) is 0 Å². The maximum absolute atomic E-state index is 12.8. The molecule has 0 spiro atoms. The van der Waals surface area contributed by atoms with E-state index in [4.69, 9.17) is 4.99 Å². The van der Waals surface area contributed by atoms with Crippen LogP contribution < -0.4 is 5.49 Å². The summed E-state index contributed by atoms with van der Waals surface area (Å²) < 4.78 is 1.67. The Balaban J connectivity index is 1.97. The summed E-state index contributed by atoms with van der Waals surface area (Å²) in [6, 6.07) is 13.8. The quantitative estimate of drug-likeness (QED) is 0.831. The molecule has 0 atom stereocenters.